The van der Waals surface area contributed by atoms with Gasteiger partial charge in [-0.3, -0.25) is 9.59 Å². The number of hydrogen-bond acceptors (Lipinski definition) is 2. The van der Waals surface area contributed by atoms with Crippen molar-refractivity contribution in [3.63, 3.8) is 0 Å². The second-order valence-corrected chi connectivity index (χ2v) is 6.97. The fourth-order valence-electron chi connectivity index (χ4n) is 3.32. The third-order valence-corrected chi connectivity index (χ3v) is 4.96. The van der Waals surface area contributed by atoms with Gasteiger partial charge in [0.15, 0.2) is 0 Å². The number of carbonyl (C=O) groups is 2. The van der Waals surface area contributed by atoms with Crippen molar-refractivity contribution in [2.45, 2.75) is 46.1 Å². The first-order chi connectivity index (χ1) is 13.0. The molecule has 2 rings (SSSR count). The molecule has 0 aliphatic heterocycles. The van der Waals surface area contributed by atoms with Crippen LogP contribution in [0.3, 0.4) is 0 Å². The van der Waals surface area contributed by atoms with Crippen LogP contribution in [0.2, 0.25) is 0 Å². The van der Waals surface area contributed by atoms with Gasteiger partial charge in [-0.25, -0.2) is 0 Å². The van der Waals surface area contributed by atoms with E-state index in [1.54, 1.807) is 11.9 Å². The number of likely N-dealkylation sites (N-methyl/N-ethyl adjacent to an activating group) is 1. The molecule has 0 spiro atoms. The number of carbonyl (C=O) groups excluding carboxylic acids is 2. The zero-order valence-electron chi connectivity index (χ0n) is 16.8. The van der Waals surface area contributed by atoms with E-state index in [1.165, 1.54) is 0 Å². The highest BCUT2D eigenvalue weighted by molar-refractivity contribution is 5.88. The molecule has 0 bridgehead atoms. The minimum absolute atomic E-state index is 0.00455. The smallest absolute Gasteiger partial charge is 0.242 e. The number of benzene rings is 2. The van der Waals surface area contributed by atoms with Crippen LogP contribution in [0.15, 0.2) is 48.5 Å². The zero-order chi connectivity index (χ0) is 19.8. The Balaban J connectivity index is 2.22. The van der Waals surface area contributed by atoms with Crippen LogP contribution < -0.4 is 5.32 Å². The summed E-state index contributed by atoms with van der Waals surface area (Å²) in [7, 11) is 1.62. The van der Waals surface area contributed by atoms with Gasteiger partial charge in [0.25, 0.3) is 0 Å². The van der Waals surface area contributed by atoms with E-state index in [0.717, 1.165) is 28.7 Å². The molecule has 1 N–H and O–H groups in total. The van der Waals surface area contributed by atoms with Crippen LogP contribution >= 0.6 is 0 Å². The predicted molar refractivity (Wildman–Crippen MR) is 110 cm³/mol. The minimum Gasteiger partial charge on any atom is -0.357 e. The number of amides is 2. The quantitative estimate of drug-likeness (QED) is 0.778. The summed E-state index contributed by atoms with van der Waals surface area (Å²) < 4.78 is 0. The summed E-state index contributed by atoms with van der Waals surface area (Å²) in [6, 6.07) is 15.8. The van der Waals surface area contributed by atoms with Gasteiger partial charge in [-0.1, -0.05) is 61.0 Å². The first-order valence-electron chi connectivity index (χ1n) is 9.57. The third kappa shape index (κ3) is 5.68. The van der Waals surface area contributed by atoms with E-state index in [1.807, 2.05) is 57.2 Å². The van der Waals surface area contributed by atoms with Crippen LogP contribution in [-0.2, 0) is 22.4 Å². The summed E-state index contributed by atoms with van der Waals surface area (Å²) >= 11 is 0. The highest BCUT2D eigenvalue weighted by Crippen LogP contribution is 2.15. The SMILES string of the molecule is CC[C@@H](C(=O)NC)N(CCc1ccccc1)C(=O)Cc1cc(C)ccc1C. The van der Waals surface area contributed by atoms with Crippen molar-refractivity contribution < 1.29 is 9.59 Å². The van der Waals surface area contributed by atoms with Crippen LogP contribution in [0, 0.1) is 13.8 Å². The molecular formula is C23H30N2O2. The lowest BCUT2D eigenvalue weighted by atomic mass is 10.0. The zero-order valence-corrected chi connectivity index (χ0v) is 16.8. The van der Waals surface area contributed by atoms with Crippen molar-refractivity contribution in [1.82, 2.24) is 10.2 Å². The highest BCUT2D eigenvalue weighted by atomic mass is 16.2. The van der Waals surface area contributed by atoms with Crippen molar-refractivity contribution in [2.75, 3.05) is 13.6 Å². The van der Waals surface area contributed by atoms with Gasteiger partial charge in [0.2, 0.25) is 11.8 Å². The fourth-order valence-corrected chi connectivity index (χ4v) is 3.32. The van der Waals surface area contributed by atoms with Crippen LogP contribution in [0.5, 0.6) is 0 Å². The minimum atomic E-state index is -0.448. The molecule has 0 aliphatic carbocycles. The van der Waals surface area contributed by atoms with Gasteiger partial charge in [0, 0.05) is 13.6 Å². The molecule has 0 aliphatic rings. The summed E-state index contributed by atoms with van der Waals surface area (Å²) in [5.41, 5.74) is 4.42. The van der Waals surface area contributed by atoms with Gasteiger partial charge in [-0.15, -0.1) is 0 Å². The van der Waals surface area contributed by atoms with Crippen LogP contribution in [0.4, 0.5) is 0 Å². The standard InChI is InChI=1S/C23H30N2O2/c1-5-21(23(27)24-4)25(14-13-19-9-7-6-8-10-19)22(26)16-20-15-17(2)11-12-18(20)3/h6-12,15,21H,5,13-14,16H2,1-4H3,(H,24,27)/t21-/m0/s1. The van der Waals surface area contributed by atoms with Crippen molar-refractivity contribution in [3.8, 4) is 0 Å². The number of rotatable bonds is 8. The first kappa shape index (κ1) is 20.7. The van der Waals surface area contributed by atoms with E-state index in [0.29, 0.717) is 19.4 Å². The largest absolute Gasteiger partial charge is 0.357 e. The molecule has 0 unspecified atom stereocenters. The molecule has 0 heterocycles. The van der Waals surface area contributed by atoms with Crippen LogP contribution in [-0.4, -0.2) is 36.3 Å². The Kier molecular flexibility index (Phi) is 7.59. The Morgan fingerprint density at radius 2 is 1.78 bits per heavy atom. The molecular weight excluding hydrogens is 336 g/mol. The lowest BCUT2D eigenvalue weighted by molar-refractivity contribution is -0.140. The Labute approximate surface area is 162 Å². The maximum atomic E-state index is 13.2. The topological polar surface area (TPSA) is 49.4 Å². The summed E-state index contributed by atoms with van der Waals surface area (Å²) in [5, 5.41) is 2.70. The van der Waals surface area contributed by atoms with E-state index in [9.17, 15) is 9.59 Å². The summed E-state index contributed by atoms with van der Waals surface area (Å²) in [6.07, 6.45) is 1.63. The first-order valence-corrected chi connectivity index (χ1v) is 9.57. The second kappa shape index (κ2) is 9.91. The number of nitrogens with zero attached hydrogens (tertiary/aromatic N) is 1. The highest BCUT2D eigenvalue weighted by Gasteiger charge is 2.27. The molecule has 2 aromatic rings. The summed E-state index contributed by atoms with van der Waals surface area (Å²) in [6.45, 7) is 6.52. The van der Waals surface area contributed by atoms with Gasteiger partial charge in [0.05, 0.1) is 6.42 Å². The molecule has 1 atom stereocenters. The van der Waals surface area contributed by atoms with Crippen molar-refractivity contribution in [1.29, 1.82) is 0 Å². The third-order valence-electron chi connectivity index (χ3n) is 4.96. The summed E-state index contributed by atoms with van der Waals surface area (Å²) in [4.78, 5) is 27.3. The van der Waals surface area contributed by atoms with Crippen molar-refractivity contribution >= 4 is 11.8 Å². The fraction of sp³-hybridized carbons (Fsp3) is 0.391. The van der Waals surface area contributed by atoms with E-state index in [4.69, 9.17) is 0 Å². The summed E-state index contributed by atoms with van der Waals surface area (Å²) in [5.74, 6) is -0.116. The monoisotopic (exact) mass is 366 g/mol. The van der Waals surface area contributed by atoms with Gasteiger partial charge in [-0.05, 0) is 43.4 Å². The number of hydrogen-bond donors (Lipinski definition) is 1. The Morgan fingerprint density at radius 1 is 1.07 bits per heavy atom. The van der Waals surface area contributed by atoms with Gasteiger partial charge < -0.3 is 10.2 Å². The Hall–Kier alpha value is -2.62. The molecule has 2 aromatic carbocycles. The molecule has 0 saturated heterocycles. The Bertz CT molecular complexity index is 771. The predicted octanol–water partition coefficient (Wildman–Crippen LogP) is 3.44. The number of aryl methyl sites for hydroxylation is 2. The van der Waals surface area contributed by atoms with Gasteiger partial charge >= 0.3 is 0 Å². The second-order valence-electron chi connectivity index (χ2n) is 6.97. The Morgan fingerprint density at radius 3 is 2.41 bits per heavy atom. The van der Waals surface area contributed by atoms with Crippen LogP contribution in [0.1, 0.15) is 35.6 Å². The molecule has 144 valence electrons. The normalized spacial score (nSPS) is 11.7. The molecule has 0 saturated carbocycles. The maximum Gasteiger partial charge on any atom is 0.242 e. The maximum absolute atomic E-state index is 13.2. The average Bonchev–Trinajstić information content (AvgIpc) is 2.68. The average molecular weight is 367 g/mol. The molecule has 0 fully saturated rings. The van der Waals surface area contributed by atoms with E-state index < -0.39 is 6.04 Å². The van der Waals surface area contributed by atoms with E-state index in [2.05, 4.69) is 17.4 Å². The van der Waals surface area contributed by atoms with Gasteiger partial charge in [-0.2, -0.15) is 0 Å². The molecule has 2 amide bonds. The van der Waals surface area contributed by atoms with E-state index >= 15 is 0 Å². The molecule has 4 heteroatoms. The van der Waals surface area contributed by atoms with Crippen molar-refractivity contribution in [2.24, 2.45) is 0 Å². The van der Waals surface area contributed by atoms with Crippen molar-refractivity contribution in [3.05, 3.63) is 70.8 Å². The lowest BCUT2D eigenvalue weighted by Gasteiger charge is -2.30. The molecule has 0 radical (unpaired) electrons. The van der Waals surface area contributed by atoms with Gasteiger partial charge in [0.1, 0.15) is 6.04 Å². The number of nitrogens with one attached hydrogen (secondary N) is 1. The van der Waals surface area contributed by atoms with Crippen LogP contribution in [0.25, 0.3) is 0 Å². The lowest BCUT2D eigenvalue weighted by Crippen LogP contribution is -2.49. The van der Waals surface area contributed by atoms with E-state index in [-0.39, 0.29) is 11.8 Å². The molecule has 27 heavy (non-hydrogen) atoms. The molecule has 4 nitrogen and oxygen atoms in total. The molecule has 0 aromatic heterocycles.